The van der Waals surface area contributed by atoms with Crippen LogP contribution in [0, 0.1) is 5.92 Å². The molecular formula is C16H24N2O. The normalized spacial score (nSPS) is 27.2. The van der Waals surface area contributed by atoms with Crippen LogP contribution >= 0.6 is 0 Å². The van der Waals surface area contributed by atoms with E-state index in [1.54, 1.807) is 0 Å². The van der Waals surface area contributed by atoms with Gasteiger partial charge in [0.1, 0.15) is 5.75 Å². The van der Waals surface area contributed by atoms with Crippen LogP contribution in [-0.2, 0) is 6.54 Å². The molecule has 3 nitrogen and oxygen atoms in total. The van der Waals surface area contributed by atoms with Gasteiger partial charge in [-0.25, -0.2) is 0 Å². The molecular weight excluding hydrogens is 236 g/mol. The molecule has 1 N–H and O–H groups in total. The molecule has 19 heavy (non-hydrogen) atoms. The maximum Gasteiger partial charge on any atom is 0.119 e. The quantitative estimate of drug-likeness (QED) is 0.899. The van der Waals surface area contributed by atoms with E-state index in [1.807, 2.05) is 13.0 Å². The Labute approximate surface area is 115 Å². The Morgan fingerprint density at radius 2 is 2.32 bits per heavy atom. The van der Waals surface area contributed by atoms with E-state index in [-0.39, 0.29) is 0 Å². The van der Waals surface area contributed by atoms with Gasteiger partial charge in [0.15, 0.2) is 0 Å². The fourth-order valence-corrected chi connectivity index (χ4v) is 3.42. The number of nitrogens with one attached hydrogen (secondary N) is 1. The summed E-state index contributed by atoms with van der Waals surface area (Å²) in [5.41, 5.74) is 1.37. The molecule has 2 saturated heterocycles. The van der Waals surface area contributed by atoms with Crippen molar-refractivity contribution < 1.29 is 4.74 Å². The molecule has 104 valence electrons. The molecule has 0 aromatic heterocycles. The number of hydrogen-bond acceptors (Lipinski definition) is 3. The lowest BCUT2D eigenvalue weighted by molar-refractivity contribution is 0.156. The molecule has 0 amide bonds. The van der Waals surface area contributed by atoms with Gasteiger partial charge in [-0.05, 0) is 56.5 Å². The van der Waals surface area contributed by atoms with Gasteiger partial charge in [-0.1, -0.05) is 12.1 Å². The largest absolute Gasteiger partial charge is 0.494 e. The first kappa shape index (κ1) is 12.9. The summed E-state index contributed by atoms with van der Waals surface area (Å²) in [4.78, 5) is 2.60. The van der Waals surface area contributed by atoms with Crippen LogP contribution in [0.5, 0.6) is 5.75 Å². The Balaban J connectivity index is 1.60. The van der Waals surface area contributed by atoms with E-state index < -0.39 is 0 Å². The van der Waals surface area contributed by atoms with Crippen LogP contribution in [0.2, 0.25) is 0 Å². The highest BCUT2D eigenvalue weighted by atomic mass is 16.5. The maximum absolute atomic E-state index is 5.58. The smallest absolute Gasteiger partial charge is 0.119 e. The van der Waals surface area contributed by atoms with Crippen molar-refractivity contribution in [2.24, 2.45) is 5.92 Å². The lowest BCUT2D eigenvalue weighted by atomic mass is 9.93. The highest BCUT2D eigenvalue weighted by Crippen LogP contribution is 2.26. The van der Waals surface area contributed by atoms with Crippen molar-refractivity contribution in [1.29, 1.82) is 0 Å². The molecule has 2 aliphatic heterocycles. The van der Waals surface area contributed by atoms with Gasteiger partial charge in [0, 0.05) is 19.1 Å². The molecule has 0 aliphatic carbocycles. The number of rotatable bonds is 4. The second kappa shape index (κ2) is 5.93. The van der Waals surface area contributed by atoms with Gasteiger partial charge < -0.3 is 10.1 Å². The molecule has 0 bridgehead atoms. The number of nitrogens with zero attached hydrogens (tertiary/aromatic N) is 1. The Hall–Kier alpha value is -1.06. The average Bonchev–Trinajstić information content (AvgIpc) is 2.87. The van der Waals surface area contributed by atoms with Crippen molar-refractivity contribution in [1.82, 2.24) is 10.2 Å². The summed E-state index contributed by atoms with van der Waals surface area (Å²) >= 11 is 0. The van der Waals surface area contributed by atoms with Gasteiger partial charge in [-0.15, -0.1) is 0 Å². The first-order valence-corrected chi connectivity index (χ1v) is 7.52. The molecule has 0 radical (unpaired) electrons. The van der Waals surface area contributed by atoms with E-state index in [9.17, 15) is 0 Å². The number of piperidine rings is 1. The van der Waals surface area contributed by atoms with Gasteiger partial charge in [-0.2, -0.15) is 0 Å². The highest BCUT2D eigenvalue weighted by Gasteiger charge is 2.32. The van der Waals surface area contributed by atoms with Gasteiger partial charge in [0.05, 0.1) is 6.61 Å². The lowest BCUT2D eigenvalue weighted by Gasteiger charge is -2.34. The van der Waals surface area contributed by atoms with E-state index in [0.717, 1.165) is 30.9 Å². The lowest BCUT2D eigenvalue weighted by Crippen LogP contribution is -2.43. The molecule has 3 rings (SSSR count). The number of likely N-dealkylation sites (tertiary alicyclic amines) is 1. The Bertz CT molecular complexity index is 421. The number of fused-ring (bicyclic) bond motifs is 1. The molecule has 2 aliphatic rings. The summed E-state index contributed by atoms with van der Waals surface area (Å²) in [7, 11) is 0. The third-order valence-corrected chi connectivity index (χ3v) is 4.36. The third-order valence-electron chi connectivity index (χ3n) is 4.36. The Morgan fingerprint density at radius 1 is 1.37 bits per heavy atom. The zero-order valence-electron chi connectivity index (χ0n) is 11.8. The van der Waals surface area contributed by atoms with Gasteiger partial charge in [0.2, 0.25) is 0 Å². The van der Waals surface area contributed by atoms with Crippen molar-refractivity contribution >= 4 is 0 Å². The fourth-order valence-electron chi connectivity index (χ4n) is 3.42. The van der Waals surface area contributed by atoms with E-state index in [2.05, 4.69) is 28.4 Å². The second-order valence-corrected chi connectivity index (χ2v) is 5.71. The minimum absolute atomic E-state index is 0.739. The summed E-state index contributed by atoms with van der Waals surface area (Å²) < 4.78 is 5.58. The molecule has 0 spiro atoms. The SMILES string of the molecule is CCOc1cccc(CN2CCC3NCCC3C2)c1. The van der Waals surface area contributed by atoms with Gasteiger partial charge in [0.25, 0.3) is 0 Å². The van der Waals surface area contributed by atoms with Crippen LogP contribution in [-0.4, -0.2) is 37.2 Å². The van der Waals surface area contributed by atoms with E-state index in [4.69, 9.17) is 4.74 Å². The number of ether oxygens (including phenoxy) is 1. The van der Waals surface area contributed by atoms with Crippen molar-refractivity contribution in [3.63, 3.8) is 0 Å². The third kappa shape index (κ3) is 3.10. The van der Waals surface area contributed by atoms with Crippen LogP contribution in [0.4, 0.5) is 0 Å². The summed E-state index contributed by atoms with van der Waals surface area (Å²) in [5, 5.41) is 3.62. The molecule has 1 aromatic carbocycles. The maximum atomic E-state index is 5.58. The van der Waals surface area contributed by atoms with Crippen LogP contribution < -0.4 is 10.1 Å². The molecule has 3 heteroatoms. The predicted octanol–water partition coefficient (Wildman–Crippen LogP) is 2.27. The van der Waals surface area contributed by atoms with Gasteiger partial charge in [-0.3, -0.25) is 4.90 Å². The van der Waals surface area contributed by atoms with Crippen molar-refractivity contribution in [2.75, 3.05) is 26.2 Å². The van der Waals surface area contributed by atoms with Crippen molar-refractivity contribution in [3.8, 4) is 5.75 Å². The minimum atomic E-state index is 0.739. The highest BCUT2D eigenvalue weighted by molar-refractivity contribution is 5.28. The monoisotopic (exact) mass is 260 g/mol. The number of benzene rings is 1. The molecule has 2 atom stereocenters. The predicted molar refractivity (Wildman–Crippen MR) is 77.4 cm³/mol. The second-order valence-electron chi connectivity index (χ2n) is 5.71. The minimum Gasteiger partial charge on any atom is -0.494 e. The van der Waals surface area contributed by atoms with E-state index in [0.29, 0.717) is 0 Å². The zero-order valence-corrected chi connectivity index (χ0v) is 11.8. The van der Waals surface area contributed by atoms with Crippen LogP contribution in [0.3, 0.4) is 0 Å². The first-order valence-electron chi connectivity index (χ1n) is 7.52. The van der Waals surface area contributed by atoms with Crippen LogP contribution in [0.15, 0.2) is 24.3 Å². The summed E-state index contributed by atoms with van der Waals surface area (Å²) in [6.45, 7) is 7.50. The molecule has 2 heterocycles. The average molecular weight is 260 g/mol. The Morgan fingerprint density at radius 3 is 3.21 bits per heavy atom. The molecule has 2 unspecified atom stereocenters. The van der Waals surface area contributed by atoms with Crippen LogP contribution in [0.1, 0.15) is 25.3 Å². The first-order chi connectivity index (χ1) is 9.35. The fraction of sp³-hybridized carbons (Fsp3) is 0.625. The molecule has 0 saturated carbocycles. The molecule has 2 fully saturated rings. The van der Waals surface area contributed by atoms with Crippen LogP contribution in [0.25, 0.3) is 0 Å². The van der Waals surface area contributed by atoms with Crippen molar-refractivity contribution in [3.05, 3.63) is 29.8 Å². The zero-order chi connectivity index (χ0) is 13.1. The summed E-state index contributed by atoms with van der Waals surface area (Å²) in [5.74, 6) is 1.86. The standard InChI is InChI=1S/C16H24N2O/c1-2-19-15-5-3-4-13(10-15)11-18-9-7-16-14(12-18)6-8-17-16/h3-5,10,14,16-17H,2,6-9,11-12H2,1H3. The van der Waals surface area contributed by atoms with Crippen molar-refractivity contribution in [2.45, 2.75) is 32.4 Å². The van der Waals surface area contributed by atoms with E-state index in [1.165, 1.54) is 38.0 Å². The van der Waals surface area contributed by atoms with E-state index >= 15 is 0 Å². The Kier molecular flexibility index (Phi) is 4.04. The summed E-state index contributed by atoms with van der Waals surface area (Å²) in [6, 6.07) is 9.32. The molecule has 1 aromatic rings. The summed E-state index contributed by atoms with van der Waals surface area (Å²) in [6.07, 6.45) is 2.65. The topological polar surface area (TPSA) is 24.5 Å². The number of hydrogen-bond donors (Lipinski definition) is 1. The van der Waals surface area contributed by atoms with Gasteiger partial charge >= 0.3 is 0 Å².